The second kappa shape index (κ2) is 4.53. The van der Waals surface area contributed by atoms with Gasteiger partial charge in [0.2, 0.25) is 0 Å². The van der Waals surface area contributed by atoms with E-state index >= 15 is 0 Å². The van der Waals surface area contributed by atoms with Crippen LogP contribution in [-0.4, -0.2) is 23.8 Å². The van der Waals surface area contributed by atoms with E-state index < -0.39 is 0 Å². The first kappa shape index (κ1) is 10.3. The van der Waals surface area contributed by atoms with E-state index in [-0.39, 0.29) is 11.9 Å². The van der Waals surface area contributed by atoms with Crippen LogP contribution in [0.2, 0.25) is 0 Å². The van der Waals surface area contributed by atoms with Crippen LogP contribution in [0.5, 0.6) is 11.5 Å². The maximum Gasteiger partial charge on any atom is 0.161 e. The fourth-order valence-corrected chi connectivity index (χ4v) is 1.95. The van der Waals surface area contributed by atoms with Gasteiger partial charge in [-0.3, -0.25) is 0 Å². The minimum Gasteiger partial charge on any atom is -0.504 e. The van der Waals surface area contributed by atoms with Crippen LogP contribution < -0.4 is 10.1 Å². The Morgan fingerprint density at radius 1 is 1.47 bits per heavy atom. The van der Waals surface area contributed by atoms with Crippen LogP contribution >= 0.6 is 0 Å². The van der Waals surface area contributed by atoms with E-state index in [1.807, 2.05) is 13.0 Å². The zero-order chi connectivity index (χ0) is 10.7. The summed E-state index contributed by atoms with van der Waals surface area (Å²) < 4.78 is 5.72. The van der Waals surface area contributed by atoms with Crippen molar-refractivity contribution in [3.05, 3.63) is 24.3 Å². The van der Waals surface area contributed by atoms with Crippen molar-refractivity contribution in [2.24, 2.45) is 0 Å². The number of phenolic OH excluding ortho intramolecular Hbond substituents is 1. The Bertz CT molecular complexity index is 321. The number of hydrogen-bond acceptors (Lipinski definition) is 3. The summed E-state index contributed by atoms with van der Waals surface area (Å²) in [5.74, 6) is 0.779. The van der Waals surface area contributed by atoms with E-state index in [4.69, 9.17) is 4.74 Å². The number of para-hydroxylation sites is 2. The molecule has 0 saturated carbocycles. The third-order valence-corrected chi connectivity index (χ3v) is 2.84. The second-order valence-corrected chi connectivity index (χ2v) is 3.99. The molecule has 0 bridgehead atoms. The van der Waals surface area contributed by atoms with Gasteiger partial charge >= 0.3 is 0 Å². The highest BCUT2D eigenvalue weighted by Crippen LogP contribution is 2.26. The highest BCUT2D eigenvalue weighted by molar-refractivity contribution is 5.38. The van der Waals surface area contributed by atoms with Crippen molar-refractivity contribution < 1.29 is 9.84 Å². The quantitative estimate of drug-likeness (QED) is 0.795. The van der Waals surface area contributed by atoms with E-state index in [0.717, 1.165) is 13.0 Å². The molecule has 0 radical (unpaired) electrons. The summed E-state index contributed by atoms with van der Waals surface area (Å²) >= 11 is 0. The molecular weight excluding hydrogens is 190 g/mol. The smallest absolute Gasteiger partial charge is 0.161 e. The molecule has 0 spiro atoms. The van der Waals surface area contributed by atoms with Crippen molar-refractivity contribution in [3.63, 3.8) is 0 Å². The van der Waals surface area contributed by atoms with Gasteiger partial charge in [-0.2, -0.15) is 0 Å². The number of ether oxygens (including phenoxy) is 1. The van der Waals surface area contributed by atoms with Crippen LogP contribution in [0, 0.1) is 0 Å². The molecule has 1 aromatic rings. The summed E-state index contributed by atoms with van der Waals surface area (Å²) in [6, 6.07) is 7.50. The molecule has 2 atom stereocenters. The highest BCUT2D eigenvalue weighted by atomic mass is 16.5. The largest absolute Gasteiger partial charge is 0.504 e. The molecule has 0 aromatic heterocycles. The van der Waals surface area contributed by atoms with Crippen molar-refractivity contribution in [2.45, 2.75) is 31.9 Å². The van der Waals surface area contributed by atoms with Crippen LogP contribution in [0.4, 0.5) is 0 Å². The molecule has 1 aliphatic rings. The van der Waals surface area contributed by atoms with Crippen LogP contribution in [0.3, 0.4) is 0 Å². The summed E-state index contributed by atoms with van der Waals surface area (Å²) in [6.07, 6.45) is 2.45. The normalized spacial score (nSPS) is 22.6. The lowest BCUT2D eigenvalue weighted by molar-refractivity contribution is 0.174. The molecule has 1 aromatic carbocycles. The lowest BCUT2D eigenvalue weighted by atomic mass is 10.1. The Hall–Kier alpha value is -1.22. The van der Waals surface area contributed by atoms with Gasteiger partial charge in [-0.25, -0.2) is 0 Å². The number of benzene rings is 1. The van der Waals surface area contributed by atoms with Crippen LogP contribution in [0.15, 0.2) is 24.3 Å². The Morgan fingerprint density at radius 2 is 2.27 bits per heavy atom. The molecule has 1 heterocycles. The SMILES string of the molecule is CC(Oc1ccccc1O)C1CCCN1. The van der Waals surface area contributed by atoms with Crippen molar-refractivity contribution in [1.29, 1.82) is 0 Å². The topological polar surface area (TPSA) is 41.5 Å². The number of hydrogen-bond donors (Lipinski definition) is 2. The summed E-state index contributed by atoms with van der Waals surface area (Å²) in [7, 11) is 0. The molecule has 15 heavy (non-hydrogen) atoms. The molecule has 0 amide bonds. The fourth-order valence-electron chi connectivity index (χ4n) is 1.95. The third-order valence-electron chi connectivity index (χ3n) is 2.84. The van der Waals surface area contributed by atoms with Gasteiger partial charge in [0.15, 0.2) is 11.5 Å². The van der Waals surface area contributed by atoms with E-state index in [1.165, 1.54) is 6.42 Å². The van der Waals surface area contributed by atoms with Gasteiger partial charge in [-0.1, -0.05) is 12.1 Å². The predicted octanol–water partition coefficient (Wildman–Crippen LogP) is 1.91. The zero-order valence-electron chi connectivity index (χ0n) is 8.94. The fraction of sp³-hybridized carbons (Fsp3) is 0.500. The maximum absolute atomic E-state index is 9.56. The standard InChI is InChI=1S/C12H17NO2/c1-9(10-5-4-8-13-10)15-12-7-3-2-6-11(12)14/h2-3,6-7,9-10,13-14H,4-5,8H2,1H3. The first-order valence-corrected chi connectivity index (χ1v) is 5.45. The van der Waals surface area contributed by atoms with Crippen molar-refractivity contribution >= 4 is 0 Å². The minimum atomic E-state index is 0.0980. The molecular formula is C12H17NO2. The zero-order valence-corrected chi connectivity index (χ0v) is 8.94. The van der Waals surface area contributed by atoms with Crippen LogP contribution in [-0.2, 0) is 0 Å². The maximum atomic E-state index is 9.56. The molecule has 1 aliphatic heterocycles. The van der Waals surface area contributed by atoms with Crippen molar-refractivity contribution in [3.8, 4) is 11.5 Å². The lowest BCUT2D eigenvalue weighted by Crippen LogP contribution is -2.36. The molecule has 3 nitrogen and oxygen atoms in total. The Kier molecular flexibility index (Phi) is 3.11. The average molecular weight is 207 g/mol. The predicted molar refractivity (Wildman–Crippen MR) is 59.2 cm³/mol. The van der Waals surface area contributed by atoms with Gasteiger partial charge in [0.05, 0.1) is 0 Å². The minimum absolute atomic E-state index is 0.0980. The molecule has 1 fully saturated rings. The second-order valence-electron chi connectivity index (χ2n) is 3.99. The van der Waals surface area contributed by atoms with Crippen molar-refractivity contribution in [2.75, 3.05) is 6.54 Å². The number of nitrogens with one attached hydrogen (secondary N) is 1. The van der Waals surface area contributed by atoms with E-state index in [0.29, 0.717) is 11.8 Å². The first-order valence-electron chi connectivity index (χ1n) is 5.45. The van der Waals surface area contributed by atoms with Gasteiger partial charge in [-0.15, -0.1) is 0 Å². The summed E-state index contributed by atoms with van der Waals surface area (Å²) in [5.41, 5.74) is 0. The average Bonchev–Trinajstić information content (AvgIpc) is 2.74. The van der Waals surface area contributed by atoms with E-state index in [1.54, 1.807) is 18.2 Å². The molecule has 82 valence electrons. The van der Waals surface area contributed by atoms with Crippen LogP contribution in [0.1, 0.15) is 19.8 Å². The molecule has 3 heteroatoms. The van der Waals surface area contributed by atoms with E-state index in [9.17, 15) is 5.11 Å². The number of phenols is 1. The van der Waals surface area contributed by atoms with Crippen molar-refractivity contribution in [1.82, 2.24) is 5.32 Å². The molecule has 0 aliphatic carbocycles. The van der Waals surface area contributed by atoms with Gasteiger partial charge in [0, 0.05) is 6.04 Å². The molecule has 2 N–H and O–H groups in total. The Labute approximate surface area is 90.1 Å². The van der Waals surface area contributed by atoms with E-state index in [2.05, 4.69) is 5.32 Å². The van der Waals surface area contributed by atoms with Gasteiger partial charge in [0.1, 0.15) is 6.10 Å². The third kappa shape index (κ3) is 2.42. The van der Waals surface area contributed by atoms with Gasteiger partial charge < -0.3 is 15.2 Å². The monoisotopic (exact) mass is 207 g/mol. The number of rotatable bonds is 3. The van der Waals surface area contributed by atoms with Gasteiger partial charge in [-0.05, 0) is 38.4 Å². The molecule has 2 rings (SSSR count). The number of aromatic hydroxyl groups is 1. The van der Waals surface area contributed by atoms with Crippen LogP contribution in [0.25, 0.3) is 0 Å². The highest BCUT2D eigenvalue weighted by Gasteiger charge is 2.22. The van der Waals surface area contributed by atoms with Gasteiger partial charge in [0.25, 0.3) is 0 Å². The summed E-state index contributed by atoms with van der Waals surface area (Å²) in [6.45, 7) is 3.11. The first-order chi connectivity index (χ1) is 7.27. The lowest BCUT2D eigenvalue weighted by Gasteiger charge is -2.21. The summed E-state index contributed by atoms with van der Waals surface area (Å²) in [4.78, 5) is 0. The molecule has 1 saturated heterocycles. The Morgan fingerprint density at radius 3 is 2.93 bits per heavy atom. The summed E-state index contributed by atoms with van der Waals surface area (Å²) in [5, 5.41) is 12.9. The Balaban J connectivity index is 1.99. The molecule has 2 unspecified atom stereocenters.